The Morgan fingerprint density at radius 3 is 2.55 bits per heavy atom. The molecule has 0 saturated heterocycles. The number of halogens is 1. The van der Waals surface area contributed by atoms with Gasteiger partial charge in [-0.2, -0.15) is 0 Å². The van der Waals surface area contributed by atoms with Crippen LogP contribution < -0.4 is 19.5 Å². The Labute approximate surface area is 239 Å². The van der Waals surface area contributed by atoms with E-state index >= 15 is 0 Å². The lowest BCUT2D eigenvalue weighted by atomic mass is 9.84. The van der Waals surface area contributed by atoms with E-state index in [2.05, 4.69) is 10.3 Å². The number of carbonyl (C=O) groups is 2. The molecule has 0 aliphatic carbocycles. The number of methoxy groups -OCH3 is 1. The Morgan fingerprint density at radius 2 is 1.93 bits per heavy atom. The summed E-state index contributed by atoms with van der Waals surface area (Å²) in [5.41, 5.74) is -1.91. The van der Waals surface area contributed by atoms with Crippen LogP contribution in [-0.2, 0) is 15.9 Å². The molecule has 0 bridgehead atoms. The van der Waals surface area contributed by atoms with Gasteiger partial charge in [0, 0.05) is 24.0 Å². The number of pyridine rings is 1. The van der Waals surface area contributed by atoms with Crippen molar-refractivity contribution in [2.24, 2.45) is 0 Å². The average Bonchev–Trinajstić information content (AvgIpc) is 2.85. The number of amides is 1. The Kier molecular flexibility index (Phi) is 9.59. The molecule has 10 nitrogen and oxygen atoms in total. The number of carbonyl (C=O) groups excluding carboxylic acids is 2. The summed E-state index contributed by atoms with van der Waals surface area (Å²) >= 11 is 6.48. The second-order valence-electron chi connectivity index (χ2n) is 11.5. The van der Waals surface area contributed by atoms with E-state index in [1.54, 1.807) is 58.9 Å². The first-order chi connectivity index (χ1) is 18.5. The molecule has 1 aromatic carbocycles. The number of nitrogens with zero attached hydrogens (tertiary/aromatic N) is 1. The summed E-state index contributed by atoms with van der Waals surface area (Å²) in [6.45, 7) is 10.7. The highest BCUT2D eigenvalue weighted by Crippen LogP contribution is 2.43. The standard InChI is InChI=1S/C29H39ClN2O8/c1-17(33)16-39-21-9-8-18(14-22(21)37-7)20(34)10-11-29(6,36)23-15-19-24(25(30)31-23)38-13-12-28(19,5)32-26(35)40-27(2,3)4/h8-9,14-15,17,33,36H,10-13,16H2,1-7H3,(H,32,35)/t17-,28+,29?/m1/s1. The molecule has 1 unspecified atom stereocenters. The highest BCUT2D eigenvalue weighted by atomic mass is 35.5. The van der Waals surface area contributed by atoms with E-state index in [1.807, 2.05) is 6.92 Å². The molecule has 1 aliphatic rings. The van der Waals surface area contributed by atoms with Gasteiger partial charge in [-0.05, 0) is 72.2 Å². The van der Waals surface area contributed by atoms with Gasteiger partial charge in [0.2, 0.25) is 0 Å². The van der Waals surface area contributed by atoms with Crippen molar-refractivity contribution in [3.63, 3.8) is 0 Å². The minimum Gasteiger partial charge on any atom is -0.493 e. The van der Waals surface area contributed by atoms with Gasteiger partial charge in [0.25, 0.3) is 0 Å². The monoisotopic (exact) mass is 578 g/mol. The molecule has 3 rings (SSSR count). The summed E-state index contributed by atoms with van der Waals surface area (Å²) in [4.78, 5) is 30.0. The Balaban J connectivity index is 1.80. The molecular weight excluding hydrogens is 540 g/mol. The van der Waals surface area contributed by atoms with E-state index in [4.69, 9.17) is 30.5 Å². The van der Waals surface area contributed by atoms with Crippen LogP contribution in [-0.4, -0.2) is 59.1 Å². The van der Waals surface area contributed by atoms with Gasteiger partial charge in [-0.15, -0.1) is 0 Å². The molecule has 1 aliphatic heterocycles. The molecule has 0 spiro atoms. The number of hydrogen-bond acceptors (Lipinski definition) is 9. The topological polar surface area (TPSA) is 136 Å². The first kappa shape index (κ1) is 31.4. The molecule has 1 amide bonds. The smallest absolute Gasteiger partial charge is 0.408 e. The summed E-state index contributed by atoms with van der Waals surface area (Å²) in [6.07, 6.45) is -0.750. The van der Waals surface area contributed by atoms with Gasteiger partial charge in [-0.3, -0.25) is 4.79 Å². The lowest BCUT2D eigenvalue weighted by Crippen LogP contribution is -2.48. The number of aliphatic hydroxyl groups excluding tert-OH is 1. The zero-order valence-electron chi connectivity index (χ0n) is 24.1. The number of ketones is 1. The van der Waals surface area contributed by atoms with Crippen LogP contribution in [0.1, 0.15) is 82.4 Å². The van der Waals surface area contributed by atoms with Crippen LogP contribution in [0.15, 0.2) is 24.3 Å². The van der Waals surface area contributed by atoms with Crippen molar-refractivity contribution in [2.45, 2.75) is 83.6 Å². The van der Waals surface area contributed by atoms with Crippen molar-refractivity contribution in [3.8, 4) is 17.2 Å². The number of hydrogen-bond donors (Lipinski definition) is 3. The highest BCUT2D eigenvalue weighted by Gasteiger charge is 2.40. The first-order valence-electron chi connectivity index (χ1n) is 13.1. The predicted octanol–water partition coefficient (Wildman–Crippen LogP) is 4.90. The fourth-order valence-corrected chi connectivity index (χ4v) is 4.52. The van der Waals surface area contributed by atoms with Crippen molar-refractivity contribution >= 4 is 23.5 Å². The number of ether oxygens (including phenoxy) is 4. The summed E-state index contributed by atoms with van der Waals surface area (Å²) in [5, 5.41) is 23.8. The van der Waals surface area contributed by atoms with Crippen molar-refractivity contribution in [2.75, 3.05) is 20.3 Å². The normalized spacial score (nSPS) is 18.9. The van der Waals surface area contributed by atoms with E-state index in [-0.39, 0.29) is 36.1 Å². The molecular formula is C29H39ClN2O8. The molecule has 2 aromatic rings. The number of Topliss-reactive ketones (excluding diaryl/α,β-unsaturated/α-hetero) is 1. The molecule has 0 saturated carbocycles. The maximum Gasteiger partial charge on any atom is 0.408 e. The Hall–Kier alpha value is -3.08. The minimum absolute atomic E-state index is 0.00431. The van der Waals surface area contributed by atoms with Gasteiger partial charge in [0.15, 0.2) is 28.2 Å². The largest absolute Gasteiger partial charge is 0.493 e. The van der Waals surface area contributed by atoms with Crippen LogP contribution in [0.2, 0.25) is 5.15 Å². The van der Waals surface area contributed by atoms with Crippen LogP contribution in [0.25, 0.3) is 0 Å². The van der Waals surface area contributed by atoms with Gasteiger partial charge in [-0.25, -0.2) is 9.78 Å². The van der Waals surface area contributed by atoms with Crippen molar-refractivity contribution in [1.29, 1.82) is 0 Å². The molecule has 40 heavy (non-hydrogen) atoms. The summed E-state index contributed by atoms with van der Waals surface area (Å²) in [7, 11) is 1.46. The molecule has 0 radical (unpaired) electrons. The lowest BCUT2D eigenvalue weighted by Gasteiger charge is -2.38. The fraction of sp³-hybridized carbons (Fsp3) is 0.552. The van der Waals surface area contributed by atoms with Crippen LogP contribution in [0.4, 0.5) is 4.79 Å². The number of aliphatic hydroxyl groups is 2. The third-order valence-electron chi connectivity index (χ3n) is 6.51. The molecule has 11 heteroatoms. The molecule has 1 aromatic heterocycles. The zero-order chi connectivity index (χ0) is 29.9. The van der Waals surface area contributed by atoms with Crippen molar-refractivity contribution < 1.29 is 38.7 Å². The van der Waals surface area contributed by atoms with Gasteiger partial charge in [-0.1, -0.05) is 11.6 Å². The third kappa shape index (κ3) is 7.77. The van der Waals surface area contributed by atoms with Crippen LogP contribution >= 0.6 is 11.6 Å². The molecule has 2 heterocycles. The van der Waals surface area contributed by atoms with E-state index in [1.165, 1.54) is 7.11 Å². The van der Waals surface area contributed by atoms with Crippen LogP contribution in [0.3, 0.4) is 0 Å². The predicted molar refractivity (Wildman–Crippen MR) is 149 cm³/mol. The van der Waals surface area contributed by atoms with E-state index in [0.29, 0.717) is 41.4 Å². The number of nitrogens with one attached hydrogen (secondary N) is 1. The average molecular weight is 579 g/mol. The van der Waals surface area contributed by atoms with E-state index in [0.717, 1.165) is 0 Å². The van der Waals surface area contributed by atoms with Gasteiger partial charge in [0.05, 0.1) is 31.1 Å². The number of benzene rings is 1. The molecule has 220 valence electrons. The van der Waals surface area contributed by atoms with Gasteiger partial charge in [0.1, 0.15) is 17.8 Å². The maximum absolute atomic E-state index is 13.0. The molecule has 0 fully saturated rings. The van der Waals surface area contributed by atoms with Gasteiger partial charge < -0.3 is 34.5 Å². The maximum atomic E-state index is 13.0. The second kappa shape index (κ2) is 12.2. The van der Waals surface area contributed by atoms with Gasteiger partial charge >= 0.3 is 6.09 Å². The Bertz CT molecular complexity index is 1240. The zero-order valence-corrected chi connectivity index (χ0v) is 24.8. The van der Waals surface area contributed by atoms with Crippen molar-refractivity contribution in [3.05, 3.63) is 46.2 Å². The number of alkyl carbamates (subject to hydrolysis) is 1. The third-order valence-corrected chi connectivity index (χ3v) is 6.76. The lowest BCUT2D eigenvalue weighted by molar-refractivity contribution is 0.0383. The fourth-order valence-electron chi connectivity index (χ4n) is 4.28. The SMILES string of the molecule is COc1cc(C(=O)CCC(C)(O)c2cc3c(c(Cl)n2)OCC[C@]3(C)NC(=O)OC(C)(C)C)ccc1OC[C@@H](C)O. The second-order valence-corrected chi connectivity index (χ2v) is 11.8. The minimum atomic E-state index is -1.52. The molecule has 3 atom stereocenters. The summed E-state index contributed by atoms with van der Waals surface area (Å²) in [5.74, 6) is 0.875. The first-order valence-corrected chi connectivity index (χ1v) is 13.5. The van der Waals surface area contributed by atoms with Crippen LogP contribution in [0.5, 0.6) is 17.2 Å². The number of aromatic nitrogens is 1. The number of rotatable bonds is 10. The summed E-state index contributed by atoms with van der Waals surface area (Å²) < 4.78 is 22.1. The van der Waals surface area contributed by atoms with Crippen molar-refractivity contribution in [1.82, 2.24) is 10.3 Å². The quantitative estimate of drug-likeness (QED) is 0.266. The van der Waals surface area contributed by atoms with E-state index < -0.39 is 28.9 Å². The van der Waals surface area contributed by atoms with Crippen LogP contribution in [0, 0.1) is 0 Å². The Morgan fingerprint density at radius 1 is 1.23 bits per heavy atom. The molecule has 3 N–H and O–H groups in total. The highest BCUT2D eigenvalue weighted by molar-refractivity contribution is 6.31. The summed E-state index contributed by atoms with van der Waals surface area (Å²) in [6, 6.07) is 6.43. The van der Waals surface area contributed by atoms with E-state index in [9.17, 15) is 19.8 Å². The number of fused-ring (bicyclic) bond motifs is 1.